The molecule has 0 aromatic rings. The maximum absolute atomic E-state index is 6.56. The molecule has 0 aromatic heterocycles. The van der Waals surface area contributed by atoms with Gasteiger partial charge in [-0.25, -0.2) is 0 Å². The molecule has 1 aliphatic carbocycles. The maximum atomic E-state index is 6.56. The second-order valence-corrected chi connectivity index (χ2v) is 8.73. The van der Waals surface area contributed by atoms with Gasteiger partial charge in [0.25, 0.3) is 0 Å². The van der Waals surface area contributed by atoms with Gasteiger partial charge in [-0.2, -0.15) is 0 Å². The summed E-state index contributed by atoms with van der Waals surface area (Å²) in [5, 5.41) is 0. The van der Waals surface area contributed by atoms with E-state index in [0.717, 1.165) is 12.6 Å². The molecule has 2 rings (SSSR count). The molecule has 21 heavy (non-hydrogen) atoms. The lowest BCUT2D eigenvalue weighted by molar-refractivity contribution is -0.0794. The summed E-state index contributed by atoms with van der Waals surface area (Å²) in [7, 11) is 0. The molecule has 3 nitrogen and oxygen atoms in total. The molecule has 3 heteroatoms. The highest BCUT2D eigenvalue weighted by Gasteiger charge is 2.52. The summed E-state index contributed by atoms with van der Waals surface area (Å²) in [6.45, 7) is 15.6. The Morgan fingerprint density at radius 2 is 1.67 bits per heavy atom. The van der Waals surface area contributed by atoms with Gasteiger partial charge in [-0.3, -0.25) is 4.90 Å². The fourth-order valence-electron chi connectivity index (χ4n) is 4.44. The van der Waals surface area contributed by atoms with Crippen LogP contribution in [0.15, 0.2) is 0 Å². The lowest BCUT2D eigenvalue weighted by Gasteiger charge is -2.37. The third-order valence-corrected chi connectivity index (χ3v) is 5.53. The number of nitrogens with two attached hydrogens (primary N) is 1. The summed E-state index contributed by atoms with van der Waals surface area (Å²) in [5.41, 5.74) is 6.22. The second kappa shape index (κ2) is 6.17. The monoisotopic (exact) mass is 296 g/mol. The van der Waals surface area contributed by atoms with E-state index in [1.807, 2.05) is 0 Å². The van der Waals surface area contributed by atoms with E-state index in [9.17, 15) is 0 Å². The van der Waals surface area contributed by atoms with Crippen LogP contribution in [0.25, 0.3) is 0 Å². The molecule has 0 spiro atoms. The zero-order chi connectivity index (χ0) is 15.8. The molecule has 124 valence electrons. The number of nitrogens with zero attached hydrogens (tertiary/aromatic N) is 1. The van der Waals surface area contributed by atoms with E-state index in [0.29, 0.717) is 11.8 Å². The van der Waals surface area contributed by atoms with Gasteiger partial charge in [0.2, 0.25) is 0 Å². The molecule has 2 atom stereocenters. The topological polar surface area (TPSA) is 38.5 Å². The SMILES string of the molecule is CC(C)CN(CC1C(N)C(C)(C)OC1(C)C)C1CCCC1. The molecular weight excluding hydrogens is 260 g/mol. The largest absolute Gasteiger partial charge is 0.368 e. The van der Waals surface area contributed by atoms with Crippen LogP contribution in [0.3, 0.4) is 0 Å². The zero-order valence-corrected chi connectivity index (χ0v) is 15.0. The summed E-state index contributed by atoms with van der Waals surface area (Å²) >= 11 is 0. The van der Waals surface area contributed by atoms with Crippen molar-refractivity contribution in [3.63, 3.8) is 0 Å². The number of rotatable bonds is 5. The van der Waals surface area contributed by atoms with Crippen molar-refractivity contribution in [2.75, 3.05) is 13.1 Å². The predicted molar refractivity (Wildman–Crippen MR) is 89.4 cm³/mol. The molecule has 2 fully saturated rings. The first-order valence-electron chi connectivity index (χ1n) is 8.83. The molecule has 1 saturated carbocycles. The highest BCUT2D eigenvalue weighted by Crippen LogP contribution is 2.42. The number of hydrogen-bond acceptors (Lipinski definition) is 3. The third-order valence-electron chi connectivity index (χ3n) is 5.53. The Kier molecular flexibility index (Phi) is 5.07. The summed E-state index contributed by atoms with van der Waals surface area (Å²) in [6.07, 6.45) is 5.50. The molecule has 1 saturated heterocycles. The number of hydrogen-bond donors (Lipinski definition) is 1. The van der Waals surface area contributed by atoms with Gasteiger partial charge in [0.1, 0.15) is 0 Å². The van der Waals surface area contributed by atoms with Gasteiger partial charge in [-0.05, 0) is 46.5 Å². The average molecular weight is 296 g/mol. The van der Waals surface area contributed by atoms with Gasteiger partial charge in [0.15, 0.2) is 0 Å². The van der Waals surface area contributed by atoms with Gasteiger partial charge in [-0.15, -0.1) is 0 Å². The molecular formula is C18H36N2O. The van der Waals surface area contributed by atoms with Crippen molar-refractivity contribution in [3.05, 3.63) is 0 Å². The summed E-state index contributed by atoms with van der Waals surface area (Å²) in [5.74, 6) is 1.12. The van der Waals surface area contributed by atoms with Crippen LogP contribution in [-0.4, -0.2) is 41.3 Å². The van der Waals surface area contributed by atoms with E-state index in [2.05, 4.69) is 46.4 Å². The molecule has 0 amide bonds. The third kappa shape index (κ3) is 3.80. The quantitative estimate of drug-likeness (QED) is 0.845. The first-order valence-corrected chi connectivity index (χ1v) is 8.83. The van der Waals surface area contributed by atoms with Crippen LogP contribution in [0, 0.1) is 11.8 Å². The standard InChI is InChI=1S/C18H36N2O/c1-13(2)11-20(14-9-7-8-10-14)12-15-16(19)18(5,6)21-17(15,3)4/h13-16H,7-12,19H2,1-6H3. The number of ether oxygens (including phenoxy) is 1. The average Bonchev–Trinajstić information content (AvgIpc) is 2.89. The molecule has 2 unspecified atom stereocenters. The van der Waals surface area contributed by atoms with Gasteiger partial charge < -0.3 is 10.5 Å². The zero-order valence-electron chi connectivity index (χ0n) is 15.0. The van der Waals surface area contributed by atoms with E-state index in [4.69, 9.17) is 10.5 Å². The predicted octanol–water partition coefficient (Wildman–Crippen LogP) is 3.42. The van der Waals surface area contributed by atoms with E-state index in [1.54, 1.807) is 0 Å². The highest BCUT2D eigenvalue weighted by atomic mass is 16.5. The van der Waals surface area contributed by atoms with E-state index in [-0.39, 0.29) is 17.2 Å². The molecule has 2 aliphatic rings. The molecule has 1 heterocycles. The minimum absolute atomic E-state index is 0.114. The van der Waals surface area contributed by atoms with Crippen molar-refractivity contribution >= 4 is 0 Å². The van der Waals surface area contributed by atoms with Gasteiger partial charge in [0.05, 0.1) is 11.2 Å². The van der Waals surface area contributed by atoms with Crippen molar-refractivity contribution in [2.45, 2.75) is 90.5 Å². The van der Waals surface area contributed by atoms with Crippen molar-refractivity contribution < 1.29 is 4.74 Å². The second-order valence-electron chi connectivity index (χ2n) is 8.73. The Hall–Kier alpha value is -0.120. The first kappa shape index (κ1) is 17.2. The highest BCUT2D eigenvalue weighted by molar-refractivity contribution is 5.05. The fourth-order valence-corrected chi connectivity index (χ4v) is 4.44. The summed E-state index contributed by atoms with van der Waals surface area (Å²) in [4.78, 5) is 2.72. The van der Waals surface area contributed by atoms with Crippen LogP contribution in [0.1, 0.15) is 67.2 Å². The van der Waals surface area contributed by atoms with Crippen LogP contribution in [0.2, 0.25) is 0 Å². The Bertz CT molecular complexity index is 345. The van der Waals surface area contributed by atoms with Crippen LogP contribution < -0.4 is 5.73 Å². The van der Waals surface area contributed by atoms with Crippen LogP contribution >= 0.6 is 0 Å². The van der Waals surface area contributed by atoms with Crippen LogP contribution in [0.4, 0.5) is 0 Å². The van der Waals surface area contributed by atoms with Crippen molar-refractivity contribution in [3.8, 4) is 0 Å². The van der Waals surface area contributed by atoms with Crippen molar-refractivity contribution in [1.82, 2.24) is 4.90 Å². The lowest BCUT2D eigenvalue weighted by Crippen LogP contribution is -2.50. The maximum Gasteiger partial charge on any atom is 0.0788 e. The first-order chi connectivity index (χ1) is 9.63. The Balaban J connectivity index is 2.11. The lowest BCUT2D eigenvalue weighted by atomic mass is 9.82. The summed E-state index contributed by atoms with van der Waals surface area (Å²) in [6, 6.07) is 0.877. The van der Waals surface area contributed by atoms with E-state index < -0.39 is 0 Å². The summed E-state index contributed by atoms with van der Waals surface area (Å²) < 4.78 is 6.28. The molecule has 1 aliphatic heterocycles. The van der Waals surface area contributed by atoms with Crippen molar-refractivity contribution in [2.24, 2.45) is 17.6 Å². The molecule has 2 N–H and O–H groups in total. The molecule has 0 aromatic carbocycles. The van der Waals surface area contributed by atoms with Gasteiger partial charge in [-0.1, -0.05) is 26.7 Å². The van der Waals surface area contributed by atoms with Gasteiger partial charge >= 0.3 is 0 Å². The van der Waals surface area contributed by atoms with Crippen LogP contribution in [-0.2, 0) is 4.74 Å². The minimum atomic E-state index is -0.215. The van der Waals surface area contributed by atoms with Crippen LogP contribution in [0.5, 0.6) is 0 Å². The smallest absolute Gasteiger partial charge is 0.0788 e. The molecule has 0 radical (unpaired) electrons. The van der Waals surface area contributed by atoms with E-state index in [1.165, 1.54) is 32.2 Å². The fraction of sp³-hybridized carbons (Fsp3) is 1.00. The Morgan fingerprint density at radius 1 is 1.10 bits per heavy atom. The Morgan fingerprint density at radius 3 is 2.10 bits per heavy atom. The van der Waals surface area contributed by atoms with Gasteiger partial charge in [0, 0.05) is 31.1 Å². The van der Waals surface area contributed by atoms with E-state index >= 15 is 0 Å². The Labute approximate surface area is 131 Å². The molecule has 0 bridgehead atoms. The van der Waals surface area contributed by atoms with Crippen molar-refractivity contribution in [1.29, 1.82) is 0 Å². The minimum Gasteiger partial charge on any atom is -0.368 e. The normalized spacial score (nSPS) is 32.4.